The van der Waals surface area contributed by atoms with Gasteiger partial charge in [0, 0.05) is 17.5 Å². The first kappa shape index (κ1) is 24.7. The number of fused-ring (bicyclic) bond motifs is 3. The van der Waals surface area contributed by atoms with Crippen LogP contribution >= 0.6 is 11.3 Å². The molecule has 3 heterocycles. The minimum Gasteiger partial charge on any atom is -0.450 e. The van der Waals surface area contributed by atoms with Crippen molar-refractivity contribution in [2.45, 2.75) is 59.3 Å². The first-order valence-electron chi connectivity index (χ1n) is 11.9. The molecule has 0 radical (unpaired) electrons. The summed E-state index contributed by atoms with van der Waals surface area (Å²) >= 11 is 1.30. The lowest BCUT2D eigenvalue weighted by molar-refractivity contribution is -0.122. The molecule has 1 aliphatic heterocycles. The molecule has 3 aromatic rings. The van der Waals surface area contributed by atoms with Gasteiger partial charge in [0.1, 0.15) is 11.4 Å². The molecule has 0 aliphatic carbocycles. The Kier molecular flexibility index (Phi) is 7.39. The highest BCUT2D eigenvalue weighted by atomic mass is 32.1. The van der Waals surface area contributed by atoms with Crippen LogP contribution in [0.1, 0.15) is 43.2 Å². The Labute approximate surface area is 206 Å². The molecule has 1 N–H and O–H groups in total. The third kappa shape index (κ3) is 5.02. The summed E-state index contributed by atoms with van der Waals surface area (Å²) in [4.78, 5) is 55.1. The van der Waals surface area contributed by atoms with Crippen LogP contribution in [0, 0.1) is 0 Å². The number of thiophene rings is 1. The maximum absolute atomic E-state index is 13.6. The van der Waals surface area contributed by atoms with Gasteiger partial charge in [-0.25, -0.2) is 9.59 Å². The summed E-state index contributed by atoms with van der Waals surface area (Å²) in [6.45, 7) is 6.56. The summed E-state index contributed by atoms with van der Waals surface area (Å²) < 4.78 is 7.75. The Bertz CT molecular complexity index is 1360. The number of nitrogens with zero attached hydrogens (tertiary/aromatic N) is 3. The molecular formula is C25H30N4O5S. The maximum Gasteiger partial charge on any atom is 0.410 e. The van der Waals surface area contributed by atoms with Gasteiger partial charge in [0.05, 0.1) is 25.1 Å². The number of nitrogens with one attached hydrogen (secondary N) is 1. The van der Waals surface area contributed by atoms with Gasteiger partial charge in [0.15, 0.2) is 0 Å². The minimum absolute atomic E-state index is 0.0291. The second-order valence-electron chi connectivity index (χ2n) is 8.68. The zero-order valence-electron chi connectivity index (χ0n) is 20.2. The molecule has 1 aliphatic rings. The van der Waals surface area contributed by atoms with Gasteiger partial charge >= 0.3 is 11.8 Å². The molecule has 35 heavy (non-hydrogen) atoms. The lowest BCUT2D eigenvalue weighted by atomic mass is 10.1. The Balaban J connectivity index is 1.84. The summed E-state index contributed by atoms with van der Waals surface area (Å²) in [5.41, 5.74) is 0.772. The lowest BCUT2D eigenvalue weighted by Crippen LogP contribution is -2.43. The van der Waals surface area contributed by atoms with Crippen LogP contribution in [0.2, 0.25) is 0 Å². The van der Waals surface area contributed by atoms with Crippen LogP contribution in [0.4, 0.5) is 4.79 Å². The average Bonchev–Trinajstić information content (AvgIpc) is 3.24. The van der Waals surface area contributed by atoms with Gasteiger partial charge in [-0.1, -0.05) is 37.3 Å². The predicted molar refractivity (Wildman–Crippen MR) is 135 cm³/mol. The van der Waals surface area contributed by atoms with E-state index >= 15 is 0 Å². The number of carbonyl (C=O) groups excluding carboxylic acids is 2. The first-order chi connectivity index (χ1) is 16.8. The topological polar surface area (TPSA) is 103 Å². The van der Waals surface area contributed by atoms with E-state index in [2.05, 4.69) is 5.32 Å². The predicted octanol–water partition coefficient (Wildman–Crippen LogP) is 2.70. The van der Waals surface area contributed by atoms with Crippen LogP contribution in [-0.2, 0) is 35.6 Å². The van der Waals surface area contributed by atoms with Crippen LogP contribution in [-0.4, -0.2) is 45.2 Å². The molecule has 2 aromatic heterocycles. The largest absolute Gasteiger partial charge is 0.450 e. The van der Waals surface area contributed by atoms with E-state index in [1.165, 1.54) is 20.5 Å². The van der Waals surface area contributed by atoms with E-state index in [1.807, 2.05) is 44.2 Å². The van der Waals surface area contributed by atoms with Crippen molar-refractivity contribution < 1.29 is 14.3 Å². The highest BCUT2D eigenvalue weighted by Gasteiger charge is 2.29. The highest BCUT2D eigenvalue weighted by Crippen LogP contribution is 2.33. The van der Waals surface area contributed by atoms with Crippen molar-refractivity contribution >= 4 is 33.6 Å². The smallest absolute Gasteiger partial charge is 0.410 e. The highest BCUT2D eigenvalue weighted by molar-refractivity contribution is 7.18. The molecule has 0 bridgehead atoms. The Morgan fingerprint density at radius 3 is 2.57 bits per heavy atom. The molecule has 186 valence electrons. The first-order valence-corrected chi connectivity index (χ1v) is 12.7. The molecule has 0 spiro atoms. The molecule has 0 saturated carbocycles. The van der Waals surface area contributed by atoms with Gasteiger partial charge in [0.2, 0.25) is 5.91 Å². The van der Waals surface area contributed by atoms with E-state index in [0.29, 0.717) is 29.7 Å². The zero-order chi connectivity index (χ0) is 25.1. The quantitative estimate of drug-likeness (QED) is 0.540. The second-order valence-corrected chi connectivity index (χ2v) is 9.76. The van der Waals surface area contributed by atoms with Crippen LogP contribution in [0.25, 0.3) is 10.2 Å². The summed E-state index contributed by atoms with van der Waals surface area (Å²) in [5.74, 6) is -0.285. The molecule has 1 aromatic carbocycles. The number of carbonyl (C=O) groups is 2. The summed E-state index contributed by atoms with van der Waals surface area (Å²) in [6, 6.07) is 9.27. The number of rotatable bonds is 7. The number of ether oxygens (including phenoxy) is 1. The molecule has 0 saturated heterocycles. The molecule has 2 amide bonds. The average molecular weight is 499 g/mol. The van der Waals surface area contributed by atoms with Gasteiger partial charge < -0.3 is 15.0 Å². The molecule has 1 unspecified atom stereocenters. The monoisotopic (exact) mass is 498 g/mol. The van der Waals surface area contributed by atoms with E-state index in [-0.39, 0.29) is 37.2 Å². The van der Waals surface area contributed by atoms with E-state index in [4.69, 9.17) is 4.74 Å². The lowest BCUT2D eigenvalue weighted by Gasteiger charge is -2.25. The fourth-order valence-electron chi connectivity index (χ4n) is 4.24. The van der Waals surface area contributed by atoms with Crippen molar-refractivity contribution in [2.24, 2.45) is 0 Å². The number of aromatic nitrogens is 2. The SMILES string of the molecule is CCOC(=O)N1CCc2c(sc3c2c(=O)n(Cc2ccccc2)c(=O)n3CC(=O)NC(C)CC)C1. The Hall–Kier alpha value is -3.40. The number of hydrogen-bond acceptors (Lipinski definition) is 6. The van der Waals surface area contributed by atoms with Gasteiger partial charge in [-0.05, 0) is 37.8 Å². The summed E-state index contributed by atoms with van der Waals surface area (Å²) in [5, 5.41) is 3.36. The molecule has 0 fully saturated rings. The number of benzene rings is 1. The molecule has 10 heteroatoms. The van der Waals surface area contributed by atoms with Crippen molar-refractivity contribution in [3.63, 3.8) is 0 Å². The zero-order valence-corrected chi connectivity index (χ0v) is 21.0. The van der Waals surface area contributed by atoms with Crippen LogP contribution in [0.5, 0.6) is 0 Å². The van der Waals surface area contributed by atoms with Gasteiger partial charge in [0.25, 0.3) is 5.56 Å². The fraction of sp³-hybridized carbons (Fsp3) is 0.440. The summed E-state index contributed by atoms with van der Waals surface area (Å²) in [6.07, 6.45) is 0.842. The van der Waals surface area contributed by atoms with E-state index in [9.17, 15) is 19.2 Å². The minimum atomic E-state index is -0.522. The molecule has 1 atom stereocenters. The fourth-order valence-corrected chi connectivity index (χ4v) is 5.58. The number of hydrogen-bond donors (Lipinski definition) is 1. The van der Waals surface area contributed by atoms with E-state index < -0.39 is 11.8 Å². The normalized spacial score (nSPS) is 14.0. The van der Waals surface area contributed by atoms with Crippen molar-refractivity contribution in [1.29, 1.82) is 0 Å². The second kappa shape index (κ2) is 10.5. The van der Waals surface area contributed by atoms with Gasteiger partial charge in [-0.15, -0.1) is 11.3 Å². The molecule has 9 nitrogen and oxygen atoms in total. The van der Waals surface area contributed by atoms with Crippen molar-refractivity contribution in [1.82, 2.24) is 19.4 Å². The standard InChI is InChI=1S/C25H30N4O5S/c1-4-16(3)26-20(30)15-29-23-21(18-11-12-27(14-19(18)35-23)25(33)34-5-2)22(31)28(24(29)32)13-17-9-7-6-8-10-17/h6-10,16H,4-5,11-15H2,1-3H3,(H,26,30). The van der Waals surface area contributed by atoms with Crippen molar-refractivity contribution in [2.75, 3.05) is 13.2 Å². The van der Waals surface area contributed by atoms with E-state index in [1.54, 1.807) is 11.8 Å². The van der Waals surface area contributed by atoms with Crippen molar-refractivity contribution in [3.05, 3.63) is 67.2 Å². The third-order valence-electron chi connectivity index (χ3n) is 6.24. The van der Waals surface area contributed by atoms with Gasteiger partial charge in [-0.3, -0.25) is 18.7 Å². The maximum atomic E-state index is 13.6. The van der Waals surface area contributed by atoms with Crippen LogP contribution < -0.4 is 16.6 Å². The molecular weight excluding hydrogens is 468 g/mol. The summed E-state index contributed by atoms with van der Waals surface area (Å²) in [7, 11) is 0. The third-order valence-corrected chi connectivity index (χ3v) is 7.48. The van der Waals surface area contributed by atoms with Crippen molar-refractivity contribution in [3.8, 4) is 0 Å². The Morgan fingerprint density at radius 2 is 1.89 bits per heavy atom. The van der Waals surface area contributed by atoms with Gasteiger partial charge in [-0.2, -0.15) is 0 Å². The number of amides is 2. The van der Waals surface area contributed by atoms with Crippen LogP contribution in [0.3, 0.4) is 0 Å². The van der Waals surface area contributed by atoms with E-state index in [0.717, 1.165) is 22.4 Å². The van der Waals surface area contributed by atoms with Crippen LogP contribution in [0.15, 0.2) is 39.9 Å². The molecule has 4 rings (SSSR count). The Morgan fingerprint density at radius 1 is 1.14 bits per heavy atom.